The van der Waals surface area contributed by atoms with Crippen LogP contribution in [0, 0.1) is 13.8 Å². The van der Waals surface area contributed by atoms with Crippen LogP contribution in [0.15, 0.2) is 83.8 Å². The summed E-state index contributed by atoms with van der Waals surface area (Å²) >= 11 is 0. The fraction of sp³-hybridized carbons (Fsp3) is 0.240. The van der Waals surface area contributed by atoms with Crippen molar-refractivity contribution < 1.29 is 17.9 Å². The van der Waals surface area contributed by atoms with Crippen molar-refractivity contribution in [2.24, 2.45) is 0 Å². The van der Waals surface area contributed by atoms with Crippen molar-refractivity contribution in [2.75, 3.05) is 19.7 Å². The number of aryl methyl sites for hydroxylation is 2. The van der Waals surface area contributed by atoms with E-state index in [4.69, 9.17) is 4.74 Å². The van der Waals surface area contributed by atoms with E-state index in [1.807, 2.05) is 73.7 Å². The maximum Gasteiger partial charge on any atom is 0.246 e. The second-order valence-corrected chi connectivity index (χ2v) is 9.26. The zero-order valence-corrected chi connectivity index (χ0v) is 19.1. The Morgan fingerprint density at radius 2 is 1.47 bits per heavy atom. The normalized spacial score (nSPS) is 11.5. The van der Waals surface area contributed by atoms with E-state index >= 15 is 0 Å². The van der Waals surface area contributed by atoms with Crippen LogP contribution >= 0.6 is 0 Å². The summed E-state index contributed by atoms with van der Waals surface area (Å²) in [6.07, 6.45) is -0.369. The number of carbonyl (C=O) groups excluding carboxylic acids is 1. The monoisotopic (exact) mass is 452 g/mol. The van der Waals surface area contributed by atoms with Crippen molar-refractivity contribution in [2.45, 2.75) is 24.8 Å². The molecule has 0 bridgehead atoms. The fourth-order valence-electron chi connectivity index (χ4n) is 3.31. The molecular formula is C25H28N2O4S. The predicted molar refractivity (Wildman–Crippen MR) is 125 cm³/mol. The second kappa shape index (κ2) is 11.0. The van der Waals surface area contributed by atoms with E-state index in [9.17, 15) is 13.2 Å². The molecule has 1 amide bonds. The number of rotatable bonds is 10. The van der Waals surface area contributed by atoms with Crippen molar-refractivity contribution in [1.29, 1.82) is 0 Å². The lowest BCUT2D eigenvalue weighted by Gasteiger charge is -2.19. The minimum atomic E-state index is -3.64. The van der Waals surface area contributed by atoms with Gasteiger partial charge in [-0.15, -0.1) is 0 Å². The summed E-state index contributed by atoms with van der Waals surface area (Å²) in [5.41, 5.74) is 3.45. The Kier molecular flexibility index (Phi) is 8.16. The molecule has 0 aromatic heterocycles. The molecule has 0 fully saturated rings. The summed E-state index contributed by atoms with van der Waals surface area (Å²) in [5.74, 6) is -0.312. The highest BCUT2D eigenvalue weighted by atomic mass is 32.2. The number of nitrogens with one attached hydrogen (secondary N) is 2. The van der Waals surface area contributed by atoms with Crippen molar-refractivity contribution in [1.82, 2.24) is 10.0 Å². The first-order chi connectivity index (χ1) is 15.4. The summed E-state index contributed by atoms with van der Waals surface area (Å²) in [5, 5.41) is 2.70. The van der Waals surface area contributed by atoms with Gasteiger partial charge in [0.2, 0.25) is 15.9 Å². The van der Waals surface area contributed by atoms with Crippen LogP contribution in [0.5, 0.6) is 0 Å². The number of benzene rings is 3. The Hall–Kier alpha value is -3.00. The summed E-state index contributed by atoms with van der Waals surface area (Å²) in [4.78, 5) is 12.5. The molecule has 0 spiro atoms. The molecule has 32 heavy (non-hydrogen) atoms. The van der Waals surface area contributed by atoms with Crippen LogP contribution in [0.2, 0.25) is 0 Å². The van der Waals surface area contributed by atoms with Gasteiger partial charge in [0.1, 0.15) is 12.7 Å². The van der Waals surface area contributed by atoms with Crippen LogP contribution in [0.25, 0.3) is 0 Å². The minimum Gasteiger partial charge on any atom is -0.359 e. The zero-order valence-electron chi connectivity index (χ0n) is 18.2. The quantitative estimate of drug-likeness (QED) is 0.461. The van der Waals surface area contributed by atoms with Crippen molar-refractivity contribution in [3.8, 4) is 0 Å². The number of carbonyl (C=O) groups is 1. The van der Waals surface area contributed by atoms with Gasteiger partial charge in [-0.2, -0.15) is 0 Å². The zero-order chi connectivity index (χ0) is 23.0. The molecule has 0 radical (unpaired) electrons. The summed E-state index contributed by atoms with van der Waals surface area (Å²) in [7, 11) is -3.64. The van der Waals surface area contributed by atoms with Crippen LogP contribution in [0.4, 0.5) is 0 Å². The summed E-state index contributed by atoms with van der Waals surface area (Å²) in [6.45, 7) is 3.70. The van der Waals surface area contributed by atoms with E-state index < -0.39 is 10.0 Å². The Morgan fingerprint density at radius 1 is 0.875 bits per heavy atom. The second-order valence-electron chi connectivity index (χ2n) is 7.53. The van der Waals surface area contributed by atoms with Gasteiger partial charge in [0.25, 0.3) is 0 Å². The fourth-order valence-corrected chi connectivity index (χ4v) is 4.67. The van der Waals surface area contributed by atoms with Gasteiger partial charge in [-0.1, -0.05) is 72.8 Å². The van der Waals surface area contributed by atoms with E-state index in [0.717, 1.165) is 16.7 Å². The average Bonchev–Trinajstić information content (AvgIpc) is 2.80. The Morgan fingerprint density at radius 3 is 2.06 bits per heavy atom. The third-order valence-corrected chi connectivity index (χ3v) is 6.56. The van der Waals surface area contributed by atoms with Gasteiger partial charge < -0.3 is 10.1 Å². The van der Waals surface area contributed by atoms with Gasteiger partial charge in [0.15, 0.2) is 0 Å². The molecule has 0 saturated heterocycles. The minimum absolute atomic E-state index is 0.0856. The largest absolute Gasteiger partial charge is 0.359 e. The Labute approximate surface area is 189 Å². The molecule has 0 heterocycles. The first kappa shape index (κ1) is 23.7. The van der Waals surface area contributed by atoms with Gasteiger partial charge in [0, 0.05) is 13.1 Å². The summed E-state index contributed by atoms with van der Waals surface area (Å²) < 4.78 is 33.5. The molecule has 0 unspecified atom stereocenters. The van der Waals surface area contributed by atoms with Gasteiger partial charge in [0.05, 0.1) is 4.90 Å². The molecule has 3 aromatic rings. The van der Waals surface area contributed by atoms with Crippen LogP contribution in [-0.4, -0.2) is 34.0 Å². The number of amides is 1. The first-order valence-corrected chi connectivity index (χ1v) is 11.9. The van der Waals surface area contributed by atoms with Crippen molar-refractivity contribution in [3.05, 3.63) is 101 Å². The van der Waals surface area contributed by atoms with Gasteiger partial charge >= 0.3 is 0 Å². The summed E-state index contributed by atoms with van der Waals surface area (Å²) in [6, 6.07) is 24.7. The topological polar surface area (TPSA) is 84.5 Å². The predicted octanol–water partition coefficient (Wildman–Crippen LogP) is 3.50. The SMILES string of the molecule is Cc1ccc(C)c(S(=O)(=O)NCCNC(=O)COC(c2ccccc2)c2ccccc2)c1. The molecule has 0 aliphatic heterocycles. The number of hydrogen-bond acceptors (Lipinski definition) is 4. The van der Waals surface area contributed by atoms with Crippen LogP contribution in [0.1, 0.15) is 28.4 Å². The van der Waals surface area contributed by atoms with Gasteiger partial charge in [-0.3, -0.25) is 4.79 Å². The van der Waals surface area contributed by atoms with Crippen molar-refractivity contribution in [3.63, 3.8) is 0 Å². The molecule has 0 aliphatic rings. The third-order valence-electron chi connectivity index (χ3n) is 4.96. The third kappa shape index (κ3) is 6.50. The first-order valence-electron chi connectivity index (χ1n) is 10.4. The van der Waals surface area contributed by atoms with E-state index in [0.29, 0.717) is 5.56 Å². The highest BCUT2D eigenvalue weighted by molar-refractivity contribution is 7.89. The molecule has 168 valence electrons. The van der Waals surface area contributed by atoms with Crippen LogP contribution < -0.4 is 10.0 Å². The average molecular weight is 453 g/mol. The van der Waals surface area contributed by atoms with E-state index in [-0.39, 0.29) is 36.6 Å². The number of ether oxygens (including phenoxy) is 1. The van der Waals surface area contributed by atoms with Crippen molar-refractivity contribution >= 4 is 15.9 Å². The van der Waals surface area contributed by atoms with Crippen LogP contribution in [0.3, 0.4) is 0 Å². The molecular weight excluding hydrogens is 424 g/mol. The maximum atomic E-state index is 12.5. The lowest BCUT2D eigenvalue weighted by atomic mass is 10.0. The number of sulfonamides is 1. The molecule has 6 nitrogen and oxygen atoms in total. The Balaban J connectivity index is 1.51. The molecule has 0 aliphatic carbocycles. The molecule has 0 saturated carbocycles. The van der Waals surface area contributed by atoms with E-state index in [1.54, 1.807) is 19.1 Å². The van der Waals surface area contributed by atoms with Gasteiger partial charge in [-0.05, 0) is 42.2 Å². The Bertz CT molecular complexity index is 1090. The van der Waals surface area contributed by atoms with E-state index in [1.165, 1.54) is 0 Å². The molecule has 2 N–H and O–H groups in total. The molecule has 3 rings (SSSR count). The highest BCUT2D eigenvalue weighted by Crippen LogP contribution is 2.25. The number of hydrogen-bond donors (Lipinski definition) is 2. The highest BCUT2D eigenvalue weighted by Gasteiger charge is 2.18. The molecule has 3 aromatic carbocycles. The van der Waals surface area contributed by atoms with Crippen LogP contribution in [-0.2, 0) is 19.6 Å². The van der Waals surface area contributed by atoms with E-state index in [2.05, 4.69) is 10.0 Å². The molecule has 0 atom stereocenters. The van der Waals surface area contributed by atoms with Gasteiger partial charge in [-0.25, -0.2) is 13.1 Å². The lowest BCUT2D eigenvalue weighted by Crippen LogP contribution is -2.36. The lowest BCUT2D eigenvalue weighted by molar-refractivity contribution is -0.127. The standard InChI is InChI=1S/C25H28N2O4S/c1-19-13-14-20(2)23(17-19)32(29,30)27-16-15-26-24(28)18-31-25(21-9-5-3-6-10-21)22-11-7-4-8-12-22/h3-14,17,25,27H,15-16,18H2,1-2H3,(H,26,28). The smallest absolute Gasteiger partial charge is 0.246 e. The molecule has 7 heteroatoms. The maximum absolute atomic E-state index is 12.5.